The predicted molar refractivity (Wildman–Crippen MR) is 132 cm³/mol. The van der Waals surface area contributed by atoms with E-state index in [0.29, 0.717) is 25.1 Å². The molecule has 36 heavy (non-hydrogen) atoms. The number of piperidine rings is 1. The number of anilines is 3. The molecule has 0 aliphatic carbocycles. The Labute approximate surface area is 210 Å². The second-order valence-electron chi connectivity index (χ2n) is 8.21. The molecule has 1 fully saturated rings. The van der Waals surface area contributed by atoms with Gasteiger partial charge in [-0.2, -0.15) is 4.31 Å². The molecule has 2 heterocycles. The molecule has 190 valence electrons. The fourth-order valence-corrected chi connectivity index (χ4v) is 6.33. The van der Waals surface area contributed by atoms with Crippen LogP contribution in [-0.2, 0) is 14.8 Å². The number of nitrogens with one attached hydrogen (secondary N) is 2. The molecule has 1 aromatic heterocycles. The summed E-state index contributed by atoms with van der Waals surface area (Å²) in [5.74, 6) is -3.35. The van der Waals surface area contributed by atoms with Gasteiger partial charge in [-0.25, -0.2) is 22.2 Å². The molecule has 0 radical (unpaired) electrons. The number of aromatic nitrogens is 1. The number of nitrogens with zero attached hydrogens (tertiary/aromatic N) is 2. The maximum atomic E-state index is 14.1. The van der Waals surface area contributed by atoms with Gasteiger partial charge in [0.25, 0.3) is 0 Å². The minimum Gasteiger partial charge on any atom is -0.382 e. The minimum atomic E-state index is -3.79. The lowest BCUT2D eigenvalue weighted by atomic mass is 10.1. The van der Waals surface area contributed by atoms with Crippen molar-refractivity contribution in [3.05, 3.63) is 64.5 Å². The Hall–Kier alpha value is -3.42. The molecule has 1 saturated heterocycles. The van der Waals surface area contributed by atoms with Crippen molar-refractivity contribution in [1.29, 1.82) is 0 Å². The average Bonchev–Trinajstić information content (AvgIpc) is 3.19. The molecule has 4 N–H and O–H groups in total. The van der Waals surface area contributed by atoms with Gasteiger partial charge in [0.05, 0.1) is 10.5 Å². The van der Waals surface area contributed by atoms with E-state index in [1.165, 1.54) is 35.5 Å². The van der Waals surface area contributed by atoms with Crippen molar-refractivity contribution in [1.82, 2.24) is 9.29 Å². The molecular weight excluding hydrogens is 512 g/mol. The molecule has 1 aliphatic rings. The zero-order valence-electron chi connectivity index (χ0n) is 19.1. The number of carbonyl (C=O) groups excluding carboxylic acids is 2. The number of hydrogen-bond donors (Lipinski definition) is 3. The number of hydrogen-bond acceptors (Lipinski definition) is 8. The number of carbonyl (C=O) groups is 2. The van der Waals surface area contributed by atoms with E-state index in [0.717, 1.165) is 29.5 Å². The Kier molecular flexibility index (Phi) is 7.33. The molecule has 0 unspecified atom stereocenters. The first-order chi connectivity index (χ1) is 17.1. The molecule has 1 amide bonds. The first-order valence-corrected chi connectivity index (χ1v) is 13.2. The van der Waals surface area contributed by atoms with Crippen LogP contribution in [0, 0.1) is 11.6 Å². The quantitative estimate of drug-likeness (QED) is 0.395. The van der Waals surface area contributed by atoms with E-state index in [1.807, 2.05) is 0 Å². The Bertz CT molecular complexity index is 1390. The summed E-state index contributed by atoms with van der Waals surface area (Å²) in [6, 6.07) is 8.69. The van der Waals surface area contributed by atoms with Crippen molar-refractivity contribution in [2.24, 2.45) is 0 Å². The van der Waals surface area contributed by atoms with E-state index in [4.69, 9.17) is 5.73 Å². The van der Waals surface area contributed by atoms with Crippen LogP contribution < -0.4 is 16.4 Å². The van der Waals surface area contributed by atoms with Crippen LogP contribution >= 0.6 is 11.3 Å². The monoisotopic (exact) mass is 535 g/mol. The van der Waals surface area contributed by atoms with Gasteiger partial charge in [0, 0.05) is 31.7 Å². The van der Waals surface area contributed by atoms with Gasteiger partial charge in [0.1, 0.15) is 22.3 Å². The van der Waals surface area contributed by atoms with Crippen molar-refractivity contribution < 1.29 is 26.8 Å². The highest BCUT2D eigenvalue weighted by Crippen LogP contribution is 2.31. The summed E-state index contributed by atoms with van der Waals surface area (Å²) in [6.45, 7) is 1.82. The number of rotatable bonds is 7. The number of nitrogens with two attached hydrogens (primary N) is 1. The van der Waals surface area contributed by atoms with E-state index in [2.05, 4.69) is 15.6 Å². The normalized spacial score (nSPS) is 16.5. The molecule has 0 saturated carbocycles. The molecule has 1 atom stereocenters. The van der Waals surface area contributed by atoms with E-state index in [-0.39, 0.29) is 39.2 Å². The highest BCUT2D eigenvalue weighted by Gasteiger charge is 2.31. The molecule has 13 heteroatoms. The first kappa shape index (κ1) is 25.7. The SMILES string of the molecule is CC(=O)Nc1ccc(S(=O)(=O)N2CCC[C@@H](Nc3nc(N)c(C(=O)c4c(F)cccc4F)s3)C2)cc1. The maximum Gasteiger partial charge on any atom is 0.243 e. The van der Waals surface area contributed by atoms with Gasteiger partial charge in [-0.15, -0.1) is 0 Å². The fraction of sp³-hybridized carbons (Fsp3) is 0.261. The Balaban J connectivity index is 1.48. The van der Waals surface area contributed by atoms with E-state index in [9.17, 15) is 26.8 Å². The van der Waals surface area contributed by atoms with E-state index >= 15 is 0 Å². The predicted octanol–water partition coefficient (Wildman–Crippen LogP) is 3.46. The molecule has 3 aromatic rings. The number of thiazole rings is 1. The summed E-state index contributed by atoms with van der Waals surface area (Å²) in [5, 5.41) is 5.93. The van der Waals surface area contributed by atoms with Crippen LogP contribution in [0.3, 0.4) is 0 Å². The van der Waals surface area contributed by atoms with E-state index in [1.54, 1.807) is 0 Å². The third kappa shape index (κ3) is 5.37. The lowest BCUT2D eigenvalue weighted by molar-refractivity contribution is -0.114. The smallest absolute Gasteiger partial charge is 0.243 e. The highest BCUT2D eigenvalue weighted by molar-refractivity contribution is 7.89. The van der Waals surface area contributed by atoms with Crippen LogP contribution in [0.2, 0.25) is 0 Å². The Morgan fingerprint density at radius 3 is 2.44 bits per heavy atom. The van der Waals surface area contributed by atoms with Gasteiger partial charge in [-0.1, -0.05) is 17.4 Å². The second kappa shape index (κ2) is 10.3. The number of sulfonamides is 1. The standard InChI is InChI=1S/C23H23F2N5O4S2/c1-13(31)27-14-7-9-16(10-8-14)36(33,34)30-11-3-4-15(12-30)28-23-29-22(26)21(35-23)20(32)19-17(24)5-2-6-18(19)25/h2,5-10,15H,3-4,11-12,26H2,1H3,(H,27,31)(H,28,29)/t15-/m1/s1. The molecule has 2 aromatic carbocycles. The Morgan fingerprint density at radius 2 is 1.81 bits per heavy atom. The Morgan fingerprint density at radius 1 is 1.14 bits per heavy atom. The van der Waals surface area contributed by atoms with Crippen LogP contribution in [0.4, 0.5) is 25.4 Å². The van der Waals surface area contributed by atoms with Gasteiger partial charge >= 0.3 is 0 Å². The van der Waals surface area contributed by atoms with Crippen molar-refractivity contribution in [3.63, 3.8) is 0 Å². The number of ketones is 1. The largest absolute Gasteiger partial charge is 0.382 e. The topological polar surface area (TPSA) is 134 Å². The number of nitrogen functional groups attached to an aromatic ring is 1. The van der Waals surface area contributed by atoms with Crippen molar-refractivity contribution in [3.8, 4) is 0 Å². The van der Waals surface area contributed by atoms with Gasteiger partial charge in [0.15, 0.2) is 5.13 Å². The summed E-state index contributed by atoms with van der Waals surface area (Å²) >= 11 is 0.852. The van der Waals surface area contributed by atoms with Gasteiger partial charge < -0.3 is 16.4 Å². The first-order valence-electron chi connectivity index (χ1n) is 11.0. The van der Waals surface area contributed by atoms with Gasteiger partial charge in [0.2, 0.25) is 21.7 Å². The summed E-state index contributed by atoms with van der Waals surface area (Å²) in [5.41, 5.74) is 5.64. The lowest BCUT2D eigenvalue weighted by Gasteiger charge is -2.32. The average molecular weight is 536 g/mol. The zero-order valence-corrected chi connectivity index (χ0v) is 20.8. The molecule has 4 rings (SSSR count). The van der Waals surface area contributed by atoms with Crippen LogP contribution in [0.5, 0.6) is 0 Å². The molecule has 9 nitrogen and oxygen atoms in total. The second-order valence-corrected chi connectivity index (χ2v) is 11.1. The number of amides is 1. The van der Waals surface area contributed by atoms with Crippen LogP contribution in [0.1, 0.15) is 35.0 Å². The van der Waals surface area contributed by atoms with Crippen molar-refractivity contribution in [2.75, 3.05) is 29.5 Å². The van der Waals surface area contributed by atoms with Crippen LogP contribution in [0.25, 0.3) is 0 Å². The fourth-order valence-electron chi connectivity index (χ4n) is 3.90. The molecule has 0 bridgehead atoms. The van der Waals surface area contributed by atoms with Crippen molar-refractivity contribution >= 4 is 49.7 Å². The molecule has 1 aliphatic heterocycles. The summed E-state index contributed by atoms with van der Waals surface area (Å²) in [7, 11) is -3.79. The summed E-state index contributed by atoms with van der Waals surface area (Å²) in [6.07, 6.45) is 1.21. The molecular formula is C23H23F2N5O4S2. The van der Waals surface area contributed by atoms with E-state index < -0.39 is 33.0 Å². The van der Waals surface area contributed by atoms with Crippen LogP contribution in [-0.4, -0.2) is 48.5 Å². The summed E-state index contributed by atoms with van der Waals surface area (Å²) in [4.78, 5) is 28.0. The third-order valence-electron chi connectivity index (χ3n) is 5.57. The lowest BCUT2D eigenvalue weighted by Crippen LogP contribution is -2.45. The number of benzene rings is 2. The van der Waals surface area contributed by atoms with Crippen molar-refractivity contribution in [2.45, 2.75) is 30.7 Å². The zero-order chi connectivity index (χ0) is 26.0. The number of halogens is 2. The van der Waals surface area contributed by atoms with Gasteiger partial charge in [-0.3, -0.25) is 9.59 Å². The van der Waals surface area contributed by atoms with Gasteiger partial charge in [-0.05, 0) is 49.2 Å². The third-order valence-corrected chi connectivity index (χ3v) is 8.45. The maximum absolute atomic E-state index is 14.1. The van der Waals surface area contributed by atoms with Crippen LogP contribution in [0.15, 0.2) is 47.4 Å². The highest BCUT2D eigenvalue weighted by atomic mass is 32.2. The molecule has 0 spiro atoms. The summed E-state index contributed by atoms with van der Waals surface area (Å²) < 4.78 is 55.8. The minimum absolute atomic E-state index is 0.0931.